The standard InChI is InChI=1S/C26H23BrN2O3S/c1-3-17-10-12-20(13-11-17)28-22(14-18-15-24(32-4-2)23(30)16-21(18)27)25(31)29(26(28)33)19-8-6-5-7-9-19/h5-16,30H,3-4H2,1-2H3/b22-14+. The molecule has 1 saturated heterocycles. The van der Waals surface area contributed by atoms with Crippen LogP contribution in [0.5, 0.6) is 11.5 Å². The van der Waals surface area contributed by atoms with E-state index in [2.05, 4.69) is 22.9 Å². The number of carbonyl (C=O) groups excluding carboxylic acids is 1. The second-order valence-electron chi connectivity index (χ2n) is 7.42. The van der Waals surface area contributed by atoms with Crippen molar-refractivity contribution in [2.45, 2.75) is 20.3 Å². The summed E-state index contributed by atoms with van der Waals surface area (Å²) in [7, 11) is 0. The maximum atomic E-state index is 13.6. The van der Waals surface area contributed by atoms with Gasteiger partial charge in [-0.15, -0.1) is 0 Å². The van der Waals surface area contributed by atoms with Gasteiger partial charge in [-0.05, 0) is 79.2 Å². The molecule has 0 bridgehead atoms. The number of ether oxygens (including phenoxy) is 1. The van der Waals surface area contributed by atoms with Crippen molar-refractivity contribution in [2.75, 3.05) is 16.4 Å². The molecule has 0 atom stereocenters. The maximum absolute atomic E-state index is 13.6. The average Bonchev–Trinajstić information content (AvgIpc) is 3.07. The number of aryl methyl sites for hydroxylation is 1. The van der Waals surface area contributed by atoms with E-state index in [4.69, 9.17) is 17.0 Å². The molecule has 1 N–H and O–H groups in total. The molecule has 0 spiro atoms. The van der Waals surface area contributed by atoms with Gasteiger partial charge in [0.25, 0.3) is 5.91 Å². The first-order valence-electron chi connectivity index (χ1n) is 10.6. The summed E-state index contributed by atoms with van der Waals surface area (Å²) in [6.07, 6.45) is 2.68. The van der Waals surface area contributed by atoms with Crippen molar-refractivity contribution < 1.29 is 14.6 Å². The van der Waals surface area contributed by atoms with Crippen molar-refractivity contribution in [3.8, 4) is 11.5 Å². The van der Waals surface area contributed by atoms with E-state index in [1.165, 1.54) is 10.5 Å². The van der Waals surface area contributed by atoms with Crippen LogP contribution in [0.25, 0.3) is 6.08 Å². The van der Waals surface area contributed by atoms with Crippen molar-refractivity contribution in [3.63, 3.8) is 0 Å². The number of para-hydroxylation sites is 1. The van der Waals surface area contributed by atoms with Gasteiger partial charge in [0.15, 0.2) is 16.6 Å². The second kappa shape index (κ2) is 9.77. The Bertz CT molecular complexity index is 1230. The van der Waals surface area contributed by atoms with Crippen molar-refractivity contribution >= 4 is 56.6 Å². The Morgan fingerprint density at radius 3 is 2.30 bits per heavy atom. The summed E-state index contributed by atoms with van der Waals surface area (Å²) in [5, 5.41) is 10.6. The summed E-state index contributed by atoms with van der Waals surface area (Å²) in [6, 6.07) is 20.6. The number of phenols is 1. The summed E-state index contributed by atoms with van der Waals surface area (Å²) < 4.78 is 6.17. The molecule has 3 aromatic carbocycles. The number of thiocarbonyl (C=S) groups is 1. The van der Waals surface area contributed by atoms with Crippen molar-refractivity contribution in [1.29, 1.82) is 0 Å². The Kier molecular flexibility index (Phi) is 6.81. The van der Waals surface area contributed by atoms with Gasteiger partial charge < -0.3 is 9.84 Å². The molecule has 33 heavy (non-hydrogen) atoms. The van der Waals surface area contributed by atoms with Crippen LogP contribution in [0.4, 0.5) is 11.4 Å². The van der Waals surface area contributed by atoms with Gasteiger partial charge in [-0.25, -0.2) is 0 Å². The van der Waals surface area contributed by atoms with Crippen LogP contribution in [0.15, 0.2) is 76.9 Å². The molecule has 1 heterocycles. The molecular formula is C26H23BrN2O3S. The van der Waals surface area contributed by atoms with Crippen LogP contribution in [-0.2, 0) is 11.2 Å². The van der Waals surface area contributed by atoms with Crippen LogP contribution in [0, 0.1) is 0 Å². The smallest absolute Gasteiger partial charge is 0.281 e. The zero-order valence-corrected chi connectivity index (χ0v) is 20.7. The molecule has 1 fully saturated rings. The first kappa shape index (κ1) is 23.0. The lowest BCUT2D eigenvalue weighted by atomic mass is 10.1. The Hall–Kier alpha value is -3.16. The van der Waals surface area contributed by atoms with Crippen LogP contribution < -0.4 is 14.5 Å². The number of nitrogens with zero attached hydrogens (tertiary/aromatic N) is 2. The SMILES string of the molecule is CCOc1cc(/C=C2\C(=O)N(c3ccccc3)C(=S)N2c2ccc(CC)cc2)c(Br)cc1O. The second-order valence-corrected chi connectivity index (χ2v) is 8.64. The summed E-state index contributed by atoms with van der Waals surface area (Å²) in [5.41, 5.74) is 3.79. The van der Waals surface area contributed by atoms with E-state index in [9.17, 15) is 9.90 Å². The summed E-state index contributed by atoms with van der Waals surface area (Å²) >= 11 is 9.29. The lowest BCUT2D eigenvalue weighted by Gasteiger charge is -2.21. The molecular weight excluding hydrogens is 500 g/mol. The fourth-order valence-electron chi connectivity index (χ4n) is 3.65. The van der Waals surface area contributed by atoms with Gasteiger partial charge >= 0.3 is 0 Å². The summed E-state index contributed by atoms with van der Waals surface area (Å²) in [4.78, 5) is 17.0. The maximum Gasteiger partial charge on any atom is 0.281 e. The minimum atomic E-state index is -0.233. The van der Waals surface area contributed by atoms with Crippen LogP contribution in [0.1, 0.15) is 25.0 Å². The van der Waals surface area contributed by atoms with Crippen LogP contribution in [0.2, 0.25) is 0 Å². The minimum Gasteiger partial charge on any atom is -0.504 e. The molecule has 0 radical (unpaired) electrons. The largest absolute Gasteiger partial charge is 0.504 e. The Morgan fingerprint density at radius 1 is 1.00 bits per heavy atom. The molecule has 1 aliphatic rings. The monoisotopic (exact) mass is 522 g/mol. The molecule has 1 aliphatic heterocycles. The van der Waals surface area contributed by atoms with Crippen molar-refractivity contribution in [3.05, 3.63) is 88.0 Å². The molecule has 1 amide bonds. The number of aromatic hydroxyl groups is 1. The highest BCUT2D eigenvalue weighted by Gasteiger charge is 2.40. The molecule has 0 unspecified atom stereocenters. The number of hydrogen-bond acceptors (Lipinski definition) is 4. The number of benzene rings is 3. The molecule has 0 aromatic heterocycles. The van der Waals surface area contributed by atoms with Gasteiger partial charge in [0.2, 0.25) is 0 Å². The first-order valence-corrected chi connectivity index (χ1v) is 11.8. The topological polar surface area (TPSA) is 53.0 Å². The highest BCUT2D eigenvalue weighted by Crippen LogP contribution is 2.37. The van der Waals surface area contributed by atoms with Crippen LogP contribution >= 0.6 is 28.1 Å². The quantitative estimate of drug-likeness (QED) is 0.304. The minimum absolute atomic E-state index is 0.0251. The third-order valence-corrected chi connectivity index (χ3v) is 6.39. The summed E-state index contributed by atoms with van der Waals surface area (Å²) in [6.45, 7) is 4.35. The van der Waals surface area contributed by atoms with E-state index < -0.39 is 0 Å². The number of anilines is 2. The molecule has 7 heteroatoms. The lowest BCUT2D eigenvalue weighted by molar-refractivity contribution is -0.113. The number of carbonyl (C=O) groups is 1. The average molecular weight is 523 g/mol. The number of amides is 1. The number of hydrogen-bond donors (Lipinski definition) is 1. The molecule has 3 aromatic rings. The predicted octanol–water partition coefficient (Wildman–Crippen LogP) is 6.30. The Morgan fingerprint density at radius 2 is 1.67 bits per heavy atom. The Labute approximate surface area is 207 Å². The fraction of sp³-hybridized carbons (Fsp3) is 0.154. The predicted molar refractivity (Wildman–Crippen MR) is 140 cm³/mol. The molecule has 5 nitrogen and oxygen atoms in total. The number of halogens is 1. The van der Waals surface area contributed by atoms with Crippen LogP contribution in [-0.4, -0.2) is 22.7 Å². The van der Waals surface area contributed by atoms with Gasteiger partial charge in [0.1, 0.15) is 5.70 Å². The summed E-state index contributed by atoms with van der Waals surface area (Å²) in [5.74, 6) is 0.139. The third-order valence-electron chi connectivity index (χ3n) is 5.33. The highest BCUT2D eigenvalue weighted by molar-refractivity contribution is 9.10. The van der Waals surface area contributed by atoms with Gasteiger partial charge in [0.05, 0.1) is 12.3 Å². The third kappa shape index (κ3) is 4.51. The van der Waals surface area contributed by atoms with Gasteiger partial charge in [0, 0.05) is 10.2 Å². The molecule has 0 aliphatic carbocycles. The lowest BCUT2D eigenvalue weighted by Crippen LogP contribution is -2.32. The zero-order valence-electron chi connectivity index (χ0n) is 18.3. The van der Waals surface area contributed by atoms with E-state index >= 15 is 0 Å². The Balaban J connectivity index is 1.86. The zero-order chi connectivity index (χ0) is 23.5. The first-order chi connectivity index (χ1) is 15.9. The molecule has 168 valence electrons. The molecule has 4 rings (SSSR count). The molecule has 0 saturated carbocycles. The van der Waals surface area contributed by atoms with E-state index in [1.807, 2.05) is 61.5 Å². The number of phenolic OH excluding ortho intramolecular Hbond substituents is 1. The fourth-order valence-corrected chi connectivity index (χ4v) is 4.49. The van der Waals surface area contributed by atoms with Crippen LogP contribution in [0.3, 0.4) is 0 Å². The van der Waals surface area contributed by atoms with Gasteiger partial charge in [-0.1, -0.05) is 53.2 Å². The van der Waals surface area contributed by atoms with E-state index in [0.717, 1.165) is 12.1 Å². The normalized spacial score (nSPS) is 14.9. The van der Waals surface area contributed by atoms with Gasteiger partial charge in [-0.3, -0.25) is 14.6 Å². The van der Waals surface area contributed by atoms with E-state index in [0.29, 0.717) is 38.9 Å². The highest BCUT2D eigenvalue weighted by atomic mass is 79.9. The van der Waals surface area contributed by atoms with E-state index in [-0.39, 0.29) is 11.7 Å². The van der Waals surface area contributed by atoms with E-state index in [1.54, 1.807) is 23.1 Å². The number of rotatable bonds is 6. The van der Waals surface area contributed by atoms with Gasteiger partial charge in [-0.2, -0.15) is 0 Å². The van der Waals surface area contributed by atoms with Crippen molar-refractivity contribution in [1.82, 2.24) is 0 Å². The van der Waals surface area contributed by atoms with Crippen molar-refractivity contribution in [2.24, 2.45) is 0 Å².